The summed E-state index contributed by atoms with van der Waals surface area (Å²) in [5.74, 6) is 0.430. The topological polar surface area (TPSA) is 101 Å². The van der Waals surface area contributed by atoms with Gasteiger partial charge < -0.3 is 5.32 Å². The SMILES string of the molecule is O=c1c2cn[nH]c2c2cnc(NCc3cccnc3)nc2n1-c1ccccc1. The number of benzene rings is 1. The molecule has 28 heavy (non-hydrogen) atoms. The Bertz CT molecular complexity index is 1330. The zero-order chi connectivity index (χ0) is 18.9. The number of nitrogens with one attached hydrogen (secondary N) is 2. The first-order valence-electron chi connectivity index (χ1n) is 8.74. The zero-order valence-electron chi connectivity index (χ0n) is 14.7. The fourth-order valence-corrected chi connectivity index (χ4v) is 3.18. The lowest BCUT2D eigenvalue weighted by Crippen LogP contribution is -2.20. The average Bonchev–Trinajstić information content (AvgIpc) is 3.24. The summed E-state index contributed by atoms with van der Waals surface area (Å²) >= 11 is 0. The number of pyridine rings is 2. The van der Waals surface area contributed by atoms with Gasteiger partial charge in [-0.05, 0) is 23.8 Å². The molecule has 5 rings (SSSR count). The van der Waals surface area contributed by atoms with E-state index in [2.05, 4.69) is 30.5 Å². The number of nitrogens with zero attached hydrogens (tertiary/aromatic N) is 5. The van der Waals surface area contributed by atoms with E-state index in [1.807, 2.05) is 42.5 Å². The van der Waals surface area contributed by atoms with Crippen molar-refractivity contribution in [1.29, 1.82) is 0 Å². The van der Waals surface area contributed by atoms with E-state index in [0.29, 0.717) is 29.0 Å². The summed E-state index contributed by atoms with van der Waals surface area (Å²) in [6, 6.07) is 13.3. The summed E-state index contributed by atoms with van der Waals surface area (Å²) in [6.45, 7) is 0.529. The van der Waals surface area contributed by atoms with E-state index in [-0.39, 0.29) is 5.56 Å². The number of rotatable bonds is 4. The highest BCUT2D eigenvalue weighted by Crippen LogP contribution is 2.22. The van der Waals surface area contributed by atoms with Crippen LogP contribution in [0, 0.1) is 0 Å². The molecule has 0 aliphatic carbocycles. The maximum Gasteiger partial charge on any atom is 0.267 e. The molecule has 0 saturated heterocycles. The Hall–Kier alpha value is -4.07. The molecule has 0 spiro atoms. The lowest BCUT2D eigenvalue weighted by Gasteiger charge is -2.12. The van der Waals surface area contributed by atoms with Crippen LogP contribution in [-0.2, 0) is 6.54 Å². The van der Waals surface area contributed by atoms with Gasteiger partial charge in [-0.1, -0.05) is 24.3 Å². The van der Waals surface area contributed by atoms with Crippen LogP contribution in [0.25, 0.3) is 27.6 Å². The zero-order valence-corrected chi connectivity index (χ0v) is 14.7. The highest BCUT2D eigenvalue weighted by molar-refractivity contribution is 6.02. The molecule has 0 fully saturated rings. The van der Waals surface area contributed by atoms with Gasteiger partial charge in [0, 0.05) is 25.1 Å². The van der Waals surface area contributed by atoms with Gasteiger partial charge in [-0.25, -0.2) is 4.98 Å². The molecular weight excluding hydrogens is 354 g/mol. The first kappa shape index (κ1) is 16.1. The van der Waals surface area contributed by atoms with E-state index in [1.54, 1.807) is 23.2 Å². The van der Waals surface area contributed by atoms with Gasteiger partial charge in [0.15, 0.2) is 5.65 Å². The van der Waals surface area contributed by atoms with Gasteiger partial charge in [0.05, 0.1) is 28.2 Å². The van der Waals surface area contributed by atoms with Crippen molar-refractivity contribution in [3.8, 4) is 5.69 Å². The maximum atomic E-state index is 13.1. The minimum absolute atomic E-state index is 0.181. The van der Waals surface area contributed by atoms with Gasteiger partial charge in [0.1, 0.15) is 0 Å². The molecule has 0 amide bonds. The number of aromatic nitrogens is 6. The Morgan fingerprint density at radius 2 is 1.89 bits per heavy atom. The molecule has 0 aliphatic heterocycles. The smallest absolute Gasteiger partial charge is 0.267 e. The van der Waals surface area contributed by atoms with E-state index in [1.165, 1.54) is 6.20 Å². The molecule has 4 heterocycles. The van der Waals surface area contributed by atoms with Gasteiger partial charge in [0.25, 0.3) is 5.56 Å². The van der Waals surface area contributed by atoms with Crippen LogP contribution in [0.15, 0.2) is 72.0 Å². The summed E-state index contributed by atoms with van der Waals surface area (Å²) in [7, 11) is 0. The molecule has 0 radical (unpaired) electrons. The molecule has 0 saturated carbocycles. The Balaban J connectivity index is 1.69. The predicted octanol–water partition coefficient (Wildman–Crippen LogP) is 2.66. The molecule has 8 heteroatoms. The monoisotopic (exact) mass is 369 g/mol. The quantitative estimate of drug-likeness (QED) is 0.505. The summed E-state index contributed by atoms with van der Waals surface area (Å²) in [6.07, 6.45) is 6.74. The van der Waals surface area contributed by atoms with Crippen molar-refractivity contribution in [3.05, 3.63) is 83.2 Å². The molecule has 4 aromatic heterocycles. The third-order valence-corrected chi connectivity index (χ3v) is 4.51. The first-order chi connectivity index (χ1) is 13.8. The van der Waals surface area contributed by atoms with Crippen LogP contribution >= 0.6 is 0 Å². The summed E-state index contributed by atoms with van der Waals surface area (Å²) in [5.41, 5.74) is 2.70. The van der Waals surface area contributed by atoms with Crippen molar-refractivity contribution in [2.75, 3.05) is 5.32 Å². The van der Waals surface area contributed by atoms with Gasteiger partial charge in [-0.2, -0.15) is 10.1 Å². The van der Waals surface area contributed by atoms with Crippen molar-refractivity contribution in [2.24, 2.45) is 0 Å². The largest absolute Gasteiger partial charge is 0.350 e. The van der Waals surface area contributed by atoms with Gasteiger partial charge >= 0.3 is 0 Å². The van der Waals surface area contributed by atoms with Crippen LogP contribution in [-0.4, -0.2) is 29.7 Å². The van der Waals surface area contributed by atoms with Crippen LogP contribution in [0.4, 0.5) is 5.95 Å². The predicted molar refractivity (Wildman–Crippen MR) is 106 cm³/mol. The molecule has 8 nitrogen and oxygen atoms in total. The van der Waals surface area contributed by atoms with Gasteiger partial charge in [-0.15, -0.1) is 0 Å². The number of anilines is 1. The standard InChI is InChI=1S/C20H15N7O/c28-19-16-12-24-26-17(16)15-11-23-20(22-10-13-5-4-8-21-9-13)25-18(15)27(19)14-6-2-1-3-7-14/h1-9,11-12H,10H2,(H,24,26)(H,22,23,25). The second kappa shape index (κ2) is 6.58. The van der Waals surface area contributed by atoms with E-state index in [4.69, 9.17) is 0 Å². The number of fused-ring (bicyclic) bond motifs is 3. The number of para-hydroxylation sites is 1. The molecule has 0 atom stereocenters. The van der Waals surface area contributed by atoms with Crippen LogP contribution in [0.2, 0.25) is 0 Å². The van der Waals surface area contributed by atoms with Crippen molar-refractivity contribution < 1.29 is 0 Å². The molecule has 1 aromatic carbocycles. The molecule has 5 aromatic rings. The number of hydrogen-bond acceptors (Lipinski definition) is 6. The van der Waals surface area contributed by atoms with Crippen LogP contribution in [0.1, 0.15) is 5.56 Å². The average molecular weight is 369 g/mol. The van der Waals surface area contributed by atoms with E-state index >= 15 is 0 Å². The third kappa shape index (κ3) is 2.67. The normalized spacial score (nSPS) is 11.1. The second-order valence-corrected chi connectivity index (χ2v) is 6.28. The van der Waals surface area contributed by atoms with E-state index in [0.717, 1.165) is 16.6 Å². The number of H-pyrrole nitrogens is 1. The minimum atomic E-state index is -0.181. The lowest BCUT2D eigenvalue weighted by molar-refractivity contribution is 1.000. The second-order valence-electron chi connectivity index (χ2n) is 6.28. The molecule has 2 N–H and O–H groups in total. The molecule has 136 valence electrons. The highest BCUT2D eigenvalue weighted by atomic mass is 16.1. The summed E-state index contributed by atoms with van der Waals surface area (Å²) < 4.78 is 1.59. The van der Waals surface area contributed by atoms with Gasteiger partial charge in [-0.3, -0.25) is 19.4 Å². The van der Waals surface area contributed by atoms with Gasteiger partial charge in [0.2, 0.25) is 5.95 Å². The number of hydrogen-bond donors (Lipinski definition) is 2. The molecule has 0 bridgehead atoms. The summed E-state index contributed by atoms with van der Waals surface area (Å²) in [5, 5.41) is 11.3. The Morgan fingerprint density at radius 1 is 1.00 bits per heavy atom. The number of aromatic amines is 1. The first-order valence-corrected chi connectivity index (χ1v) is 8.74. The molecule has 0 aliphatic rings. The third-order valence-electron chi connectivity index (χ3n) is 4.51. The summed E-state index contributed by atoms with van der Waals surface area (Å²) in [4.78, 5) is 26.3. The Morgan fingerprint density at radius 3 is 2.71 bits per heavy atom. The fourth-order valence-electron chi connectivity index (χ4n) is 3.18. The lowest BCUT2D eigenvalue weighted by atomic mass is 10.2. The molecular formula is C20H15N7O. The van der Waals surface area contributed by atoms with Crippen molar-refractivity contribution >= 4 is 27.9 Å². The van der Waals surface area contributed by atoms with Crippen molar-refractivity contribution in [2.45, 2.75) is 6.54 Å². The Kier molecular flexibility index (Phi) is 3.79. The van der Waals surface area contributed by atoms with Crippen LogP contribution in [0.3, 0.4) is 0 Å². The van der Waals surface area contributed by atoms with E-state index < -0.39 is 0 Å². The molecule has 0 unspecified atom stereocenters. The van der Waals surface area contributed by atoms with Crippen molar-refractivity contribution in [3.63, 3.8) is 0 Å². The van der Waals surface area contributed by atoms with Crippen LogP contribution < -0.4 is 10.9 Å². The fraction of sp³-hybridized carbons (Fsp3) is 0.0500. The van der Waals surface area contributed by atoms with Crippen molar-refractivity contribution in [1.82, 2.24) is 29.7 Å². The maximum absolute atomic E-state index is 13.1. The minimum Gasteiger partial charge on any atom is -0.350 e. The van der Waals surface area contributed by atoms with Crippen LogP contribution in [0.5, 0.6) is 0 Å². The highest BCUT2D eigenvalue weighted by Gasteiger charge is 2.16. The van der Waals surface area contributed by atoms with E-state index in [9.17, 15) is 4.79 Å². The Labute approximate surface area is 158 Å².